The summed E-state index contributed by atoms with van der Waals surface area (Å²) >= 11 is 6.17. The third-order valence-electron chi connectivity index (χ3n) is 3.90. The van der Waals surface area contributed by atoms with E-state index >= 15 is 0 Å². The summed E-state index contributed by atoms with van der Waals surface area (Å²) < 4.78 is 10.5. The van der Waals surface area contributed by atoms with Gasteiger partial charge in [0, 0.05) is 0 Å². The van der Waals surface area contributed by atoms with Crippen LogP contribution in [0.2, 0.25) is 5.02 Å². The molecule has 0 bridgehead atoms. The number of methoxy groups -OCH3 is 2. The maximum absolute atomic E-state index is 9.54. The Hall–Kier alpha value is -2.18. The van der Waals surface area contributed by atoms with E-state index in [0.717, 1.165) is 28.9 Å². The Bertz CT molecular complexity index is 722. The summed E-state index contributed by atoms with van der Waals surface area (Å²) in [7, 11) is 3.25. The molecule has 0 aromatic heterocycles. The Morgan fingerprint density at radius 1 is 1.09 bits per heavy atom. The number of ether oxygens (including phenoxy) is 2. The van der Waals surface area contributed by atoms with E-state index in [4.69, 9.17) is 21.1 Å². The summed E-state index contributed by atoms with van der Waals surface area (Å²) in [6, 6.07) is 13.9. The van der Waals surface area contributed by atoms with Crippen molar-refractivity contribution >= 4 is 11.6 Å². The molecule has 0 saturated carbocycles. The minimum Gasteiger partial charge on any atom is -0.496 e. The number of hydrogen-bond donors (Lipinski definition) is 0. The second-order valence-corrected chi connectivity index (χ2v) is 5.69. The molecule has 0 saturated heterocycles. The molecule has 0 heterocycles. The predicted octanol–water partition coefficient (Wildman–Crippen LogP) is 4.77. The van der Waals surface area contributed by atoms with Crippen LogP contribution in [0.5, 0.6) is 11.5 Å². The fraction of sp³-hybridized carbons (Fsp3) is 0.316. The van der Waals surface area contributed by atoms with Gasteiger partial charge >= 0.3 is 0 Å². The number of hydrogen-bond acceptors (Lipinski definition) is 3. The van der Waals surface area contributed by atoms with Gasteiger partial charge < -0.3 is 9.47 Å². The average molecular weight is 330 g/mol. The standard InChI is InChI=1S/C19H20ClNO2/c1-4-14-9-13(5-7-18(14)22-2)10-16(12-21)15-6-8-19(23-3)17(20)11-15/h5-9,11,16H,4,10H2,1-3H3. The Morgan fingerprint density at radius 2 is 1.78 bits per heavy atom. The fourth-order valence-electron chi connectivity index (χ4n) is 2.61. The first kappa shape index (κ1) is 17.2. The van der Waals surface area contributed by atoms with Crippen LogP contribution in [0.4, 0.5) is 0 Å². The number of aryl methyl sites for hydroxylation is 1. The molecule has 0 radical (unpaired) electrons. The molecule has 1 unspecified atom stereocenters. The summed E-state index contributed by atoms with van der Waals surface area (Å²) in [5.41, 5.74) is 3.16. The summed E-state index contributed by atoms with van der Waals surface area (Å²) in [6.45, 7) is 2.09. The maximum Gasteiger partial charge on any atom is 0.137 e. The minimum atomic E-state index is -0.253. The van der Waals surface area contributed by atoms with Crippen molar-refractivity contribution in [2.45, 2.75) is 25.7 Å². The van der Waals surface area contributed by atoms with Crippen LogP contribution in [0, 0.1) is 11.3 Å². The predicted molar refractivity (Wildman–Crippen MR) is 92.4 cm³/mol. The van der Waals surface area contributed by atoms with Gasteiger partial charge in [0.25, 0.3) is 0 Å². The fourth-order valence-corrected chi connectivity index (χ4v) is 2.87. The van der Waals surface area contributed by atoms with Gasteiger partial charge in [0.1, 0.15) is 11.5 Å². The number of nitriles is 1. The molecule has 2 aromatic carbocycles. The van der Waals surface area contributed by atoms with Crippen LogP contribution < -0.4 is 9.47 Å². The lowest BCUT2D eigenvalue weighted by Gasteiger charge is -2.14. The molecule has 0 aliphatic heterocycles. The van der Waals surface area contributed by atoms with Gasteiger partial charge in [0.15, 0.2) is 0 Å². The van der Waals surface area contributed by atoms with Crippen LogP contribution in [0.3, 0.4) is 0 Å². The van der Waals surface area contributed by atoms with E-state index in [2.05, 4.69) is 19.1 Å². The van der Waals surface area contributed by atoms with Crippen molar-refractivity contribution in [3.8, 4) is 17.6 Å². The average Bonchev–Trinajstić information content (AvgIpc) is 2.59. The van der Waals surface area contributed by atoms with Crippen molar-refractivity contribution in [3.63, 3.8) is 0 Å². The highest BCUT2D eigenvalue weighted by atomic mass is 35.5. The van der Waals surface area contributed by atoms with Crippen molar-refractivity contribution in [1.29, 1.82) is 5.26 Å². The number of benzene rings is 2. The molecule has 4 heteroatoms. The van der Waals surface area contributed by atoms with Gasteiger partial charge in [0.2, 0.25) is 0 Å². The summed E-state index contributed by atoms with van der Waals surface area (Å²) in [4.78, 5) is 0. The molecular formula is C19H20ClNO2. The topological polar surface area (TPSA) is 42.2 Å². The third kappa shape index (κ3) is 3.97. The number of halogens is 1. The summed E-state index contributed by atoms with van der Waals surface area (Å²) in [5.74, 6) is 1.25. The van der Waals surface area contributed by atoms with E-state index in [1.54, 1.807) is 26.4 Å². The van der Waals surface area contributed by atoms with Gasteiger partial charge in [-0.1, -0.05) is 36.7 Å². The van der Waals surface area contributed by atoms with E-state index in [9.17, 15) is 5.26 Å². The van der Waals surface area contributed by atoms with Gasteiger partial charge in [-0.3, -0.25) is 0 Å². The Morgan fingerprint density at radius 3 is 2.35 bits per heavy atom. The van der Waals surface area contributed by atoms with E-state index in [0.29, 0.717) is 17.2 Å². The van der Waals surface area contributed by atoms with Crippen LogP contribution in [-0.2, 0) is 12.8 Å². The van der Waals surface area contributed by atoms with Crippen molar-refractivity contribution in [3.05, 3.63) is 58.1 Å². The lowest BCUT2D eigenvalue weighted by Crippen LogP contribution is -2.02. The molecule has 0 aliphatic rings. The van der Waals surface area contributed by atoms with Gasteiger partial charge in [0.05, 0.1) is 31.2 Å². The largest absolute Gasteiger partial charge is 0.496 e. The molecule has 23 heavy (non-hydrogen) atoms. The second-order valence-electron chi connectivity index (χ2n) is 5.28. The minimum absolute atomic E-state index is 0.253. The van der Waals surface area contributed by atoms with Crippen molar-refractivity contribution in [2.24, 2.45) is 0 Å². The van der Waals surface area contributed by atoms with Crippen LogP contribution in [0.25, 0.3) is 0 Å². The van der Waals surface area contributed by atoms with Crippen LogP contribution in [0.15, 0.2) is 36.4 Å². The quantitative estimate of drug-likeness (QED) is 0.766. The number of rotatable bonds is 6. The Labute approximate surface area is 142 Å². The molecule has 2 rings (SSSR count). The molecule has 0 fully saturated rings. The van der Waals surface area contributed by atoms with Gasteiger partial charge in [-0.25, -0.2) is 0 Å². The molecule has 0 spiro atoms. The highest BCUT2D eigenvalue weighted by Crippen LogP contribution is 2.30. The van der Waals surface area contributed by atoms with E-state index in [-0.39, 0.29) is 5.92 Å². The zero-order chi connectivity index (χ0) is 16.8. The van der Waals surface area contributed by atoms with Gasteiger partial charge in [-0.15, -0.1) is 0 Å². The molecular weight excluding hydrogens is 310 g/mol. The lowest BCUT2D eigenvalue weighted by atomic mass is 9.92. The van der Waals surface area contributed by atoms with Gasteiger partial charge in [-0.05, 0) is 47.7 Å². The third-order valence-corrected chi connectivity index (χ3v) is 4.19. The zero-order valence-corrected chi connectivity index (χ0v) is 14.4. The number of nitrogens with zero attached hydrogens (tertiary/aromatic N) is 1. The first-order valence-electron chi connectivity index (χ1n) is 7.51. The van der Waals surface area contributed by atoms with Crippen molar-refractivity contribution in [2.75, 3.05) is 14.2 Å². The van der Waals surface area contributed by atoms with Crippen molar-refractivity contribution in [1.82, 2.24) is 0 Å². The maximum atomic E-state index is 9.54. The molecule has 0 N–H and O–H groups in total. The molecule has 120 valence electrons. The summed E-state index contributed by atoms with van der Waals surface area (Å²) in [5, 5.41) is 10.1. The molecule has 3 nitrogen and oxygen atoms in total. The smallest absolute Gasteiger partial charge is 0.137 e. The Balaban J connectivity index is 2.26. The molecule has 0 amide bonds. The Kier molecular flexibility index (Phi) is 5.90. The SMILES string of the molecule is CCc1cc(CC(C#N)c2ccc(OC)c(Cl)c2)ccc1OC. The molecule has 1 atom stereocenters. The highest BCUT2D eigenvalue weighted by molar-refractivity contribution is 6.32. The van der Waals surface area contributed by atoms with E-state index in [1.807, 2.05) is 18.2 Å². The first-order chi connectivity index (χ1) is 11.1. The highest BCUT2D eigenvalue weighted by Gasteiger charge is 2.15. The van der Waals surface area contributed by atoms with E-state index in [1.165, 1.54) is 0 Å². The first-order valence-corrected chi connectivity index (χ1v) is 7.89. The van der Waals surface area contributed by atoms with Gasteiger partial charge in [-0.2, -0.15) is 5.26 Å². The van der Waals surface area contributed by atoms with Crippen LogP contribution >= 0.6 is 11.6 Å². The molecule has 0 aliphatic carbocycles. The summed E-state index contributed by atoms with van der Waals surface area (Å²) in [6.07, 6.45) is 1.53. The van der Waals surface area contributed by atoms with Crippen molar-refractivity contribution < 1.29 is 9.47 Å². The zero-order valence-electron chi connectivity index (χ0n) is 13.6. The monoisotopic (exact) mass is 329 g/mol. The van der Waals surface area contributed by atoms with Crippen LogP contribution in [0.1, 0.15) is 29.5 Å². The van der Waals surface area contributed by atoms with Crippen LogP contribution in [-0.4, -0.2) is 14.2 Å². The normalized spacial score (nSPS) is 11.6. The second kappa shape index (κ2) is 7.89. The molecule has 2 aromatic rings. The lowest BCUT2D eigenvalue weighted by molar-refractivity contribution is 0.410. The van der Waals surface area contributed by atoms with E-state index < -0.39 is 0 Å².